The monoisotopic (exact) mass is 344 g/mol. The predicted molar refractivity (Wildman–Crippen MR) is 84.6 cm³/mol. The van der Waals surface area contributed by atoms with E-state index in [0.717, 1.165) is 0 Å². The SMILES string of the molecule is Cc1noc(C)c1S(=O)(=O)N1CCC(NC(=O)NC(C)C)CC1. The maximum Gasteiger partial charge on any atom is 0.315 e. The Morgan fingerprint density at radius 1 is 1.30 bits per heavy atom. The lowest BCUT2D eigenvalue weighted by Gasteiger charge is -2.31. The summed E-state index contributed by atoms with van der Waals surface area (Å²) in [6.07, 6.45) is 1.16. The normalized spacial score (nSPS) is 17.4. The van der Waals surface area contributed by atoms with Crippen LogP contribution in [0, 0.1) is 13.8 Å². The van der Waals surface area contributed by atoms with Crippen molar-refractivity contribution in [2.75, 3.05) is 13.1 Å². The van der Waals surface area contributed by atoms with E-state index in [4.69, 9.17) is 4.52 Å². The minimum atomic E-state index is -3.60. The van der Waals surface area contributed by atoms with E-state index in [0.29, 0.717) is 37.4 Å². The van der Waals surface area contributed by atoms with E-state index < -0.39 is 10.0 Å². The summed E-state index contributed by atoms with van der Waals surface area (Å²) < 4.78 is 31.8. The Labute approximate surface area is 136 Å². The van der Waals surface area contributed by atoms with Crippen LogP contribution in [0.5, 0.6) is 0 Å². The lowest BCUT2D eigenvalue weighted by Crippen LogP contribution is -2.50. The zero-order chi connectivity index (χ0) is 17.2. The van der Waals surface area contributed by atoms with Crippen molar-refractivity contribution in [1.29, 1.82) is 0 Å². The van der Waals surface area contributed by atoms with Gasteiger partial charge < -0.3 is 15.2 Å². The number of hydrogen-bond acceptors (Lipinski definition) is 5. The van der Waals surface area contributed by atoms with Gasteiger partial charge in [0.1, 0.15) is 10.6 Å². The molecule has 8 nitrogen and oxygen atoms in total. The number of sulfonamides is 1. The summed E-state index contributed by atoms with van der Waals surface area (Å²) >= 11 is 0. The van der Waals surface area contributed by atoms with E-state index in [1.54, 1.807) is 13.8 Å². The van der Waals surface area contributed by atoms with Crippen LogP contribution in [0.3, 0.4) is 0 Å². The number of aromatic nitrogens is 1. The number of aryl methyl sites for hydroxylation is 2. The van der Waals surface area contributed by atoms with Gasteiger partial charge in [-0.3, -0.25) is 0 Å². The molecule has 130 valence electrons. The van der Waals surface area contributed by atoms with Crippen molar-refractivity contribution >= 4 is 16.1 Å². The molecule has 0 radical (unpaired) electrons. The van der Waals surface area contributed by atoms with Gasteiger partial charge in [0.25, 0.3) is 0 Å². The first-order chi connectivity index (χ1) is 10.7. The molecule has 2 amide bonds. The van der Waals surface area contributed by atoms with Gasteiger partial charge in [-0.25, -0.2) is 13.2 Å². The number of carbonyl (C=O) groups is 1. The Balaban J connectivity index is 1.98. The molecule has 2 rings (SSSR count). The number of rotatable bonds is 4. The van der Waals surface area contributed by atoms with Crippen molar-refractivity contribution in [3.63, 3.8) is 0 Å². The number of piperidine rings is 1. The molecule has 0 atom stereocenters. The van der Waals surface area contributed by atoms with E-state index in [1.807, 2.05) is 13.8 Å². The van der Waals surface area contributed by atoms with Crippen molar-refractivity contribution in [3.8, 4) is 0 Å². The summed E-state index contributed by atoms with van der Waals surface area (Å²) in [7, 11) is -3.60. The van der Waals surface area contributed by atoms with Gasteiger partial charge in [0.05, 0.1) is 0 Å². The van der Waals surface area contributed by atoms with E-state index in [1.165, 1.54) is 4.31 Å². The fraction of sp³-hybridized carbons (Fsp3) is 0.714. The fourth-order valence-electron chi connectivity index (χ4n) is 2.70. The molecular weight excluding hydrogens is 320 g/mol. The van der Waals surface area contributed by atoms with Crippen LogP contribution in [0.1, 0.15) is 38.1 Å². The minimum Gasteiger partial charge on any atom is -0.360 e. The van der Waals surface area contributed by atoms with Crippen molar-refractivity contribution in [1.82, 2.24) is 20.1 Å². The van der Waals surface area contributed by atoms with Crippen LogP contribution in [0.2, 0.25) is 0 Å². The third-order valence-corrected chi connectivity index (χ3v) is 5.92. The molecule has 0 aromatic carbocycles. The number of urea groups is 1. The first-order valence-corrected chi connectivity index (χ1v) is 9.16. The van der Waals surface area contributed by atoms with Crippen molar-refractivity contribution in [2.45, 2.75) is 57.5 Å². The van der Waals surface area contributed by atoms with Crippen LogP contribution < -0.4 is 10.6 Å². The summed E-state index contributed by atoms with van der Waals surface area (Å²) in [5.41, 5.74) is 0.374. The molecule has 1 fully saturated rings. The molecule has 0 unspecified atom stereocenters. The maximum atomic E-state index is 12.7. The number of hydrogen-bond donors (Lipinski definition) is 2. The molecule has 1 aromatic rings. The smallest absolute Gasteiger partial charge is 0.315 e. The Morgan fingerprint density at radius 3 is 2.39 bits per heavy atom. The Morgan fingerprint density at radius 2 is 1.91 bits per heavy atom. The van der Waals surface area contributed by atoms with Gasteiger partial charge in [-0.15, -0.1) is 0 Å². The summed E-state index contributed by atoms with van der Waals surface area (Å²) in [5.74, 6) is 0.305. The molecule has 1 aromatic heterocycles. The molecule has 9 heteroatoms. The second kappa shape index (κ2) is 6.88. The number of nitrogens with one attached hydrogen (secondary N) is 2. The van der Waals surface area contributed by atoms with Crippen LogP contribution in [0.25, 0.3) is 0 Å². The second-order valence-corrected chi connectivity index (χ2v) is 7.98. The lowest BCUT2D eigenvalue weighted by molar-refractivity contribution is 0.225. The summed E-state index contributed by atoms with van der Waals surface area (Å²) in [4.78, 5) is 11.9. The Hall–Kier alpha value is -1.61. The van der Waals surface area contributed by atoms with Crippen LogP contribution >= 0.6 is 0 Å². The Bertz CT molecular complexity index is 641. The zero-order valence-corrected chi connectivity index (χ0v) is 14.7. The van der Waals surface area contributed by atoms with Gasteiger partial charge in [-0.1, -0.05) is 5.16 Å². The molecule has 0 aliphatic carbocycles. The highest BCUT2D eigenvalue weighted by Gasteiger charge is 2.34. The molecule has 23 heavy (non-hydrogen) atoms. The minimum absolute atomic E-state index is 0.0233. The second-order valence-electron chi connectivity index (χ2n) is 6.10. The number of nitrogens with zero attached hydrogens (tertiary/aromatic N) is 2. The molecule has 2 N–H and O–H groups in total. The molecule has 1 aliphatic heterocycles. The third kappa shape index (κ3) is 4.03. The average molecular weight is 344 g/mol. The molecule has 0 spiro atoms. The average Bonchev–Trinajstić information content (AvgIpc) is 2.78. The van der Waals surface area contributed by atoms with Crippen molar-refractivity contribution in [2.24, 2.45) is 0 Å². The molecule has 0 saturated carbocycles. The van der Waals surface area contributed by atoms with Crippen LogP contribution in [0.4, 0.5) is 4.79 Å². The topological polar surface area (TPSA) is 105 Å². The third-order valence-electron chi connectivity index (χ3n) is 3.77. The van der Waals surface area contributed by atoms with Crippen LogP contribution in [-0.4, -0.2) is 49.1 Å². The summed E-state index contributed by atoms with van der Waals surface area (Å²) in [6, 6.07) is -0.174. The van der Waals surface area contributed by atoms with E-state index >= 15 is 0 Å². The van der Waals surface area contributed by atoms with Gasteiger partial charge in [0, 0.05) is 25.2 Å². The van der Waals surface area contributed by atoms with Gasteiger partial charge in [-0.2, -0.15) is 4.31 Å². The fourth-order valence-corrected chi connectivity index (χ4v) is 4.46. The maximum absolute atomic E-state index is 12.7. The molecule has 1 saturated heterocycles. The quantitative estimate of drug-likeness (QED) is 0.852. The molecule has 1 aliphatic rings. The van der Waals surface area contributed by atoms with Crippen LogP contribution in [-0.2, 0) is 10.0 Å². The van der Waals surface area contributed by atoms with Gasteiger partial charge in [0.2, 0.25) is 10.0 Å². The largest absolute Gasteiger partial charge is 0.360 e. The standard InChI is InChI=1S/C14H24N4O4S/c1-9(2)15-14(19)16-12-5-7-18(8-6-12)23(20,21)13-10(3)17-22-11(13)4/h9,12H,5-8H2,1-4H3,(H2,15,16,19). The van der Waals surface area contributed by atoms with Gasteiger partial charge in [-0.05, 0) is 40.5 Å². The first-order valence-electron chi connectivity index (χ1n) is 7.72. The number of amides is 2. The molecule has 2 heterocycles. The summed E-state index contributed by atoms with van der Waals surface area (Å²) in [6.45, 7) is 7.71. The number of carbonyl (C=O) groups excluding carboxylic acids is 1. The van der Waals surface area contributed by atoms with Gasteiger partial charge >= 0.3 is 6.03 Å². The lowest BCUT2D eigenvalue weighted by atomic mass is 10.1. The van der Waals surface area contributed by atoms with Gasteiger partial charge in [0.15, 0.2) is 5.76 Å². The zero-order valence-electron chi connectivity index (χ0n) is 13.9. The van der Waals surface area contributed by atoms with Crippen molar-refractivity contribution < 1.29 is 17.7 Å². The first kappa shape index (κ1) is 17.7. The molecule has 0 bridgehead atoms. The molecular formula is C14H24N4O4S. The highest BCUT2D eigenvalue weighted by Crippen LogP contribution is 2.25. The van der Waals surface area contributed by atoms with Crippen LogP contribution in [0.15, 0.2) is 9.42 Å². The Kier molecular flexibility index (Phi) is 5.30. The van der Waals surface area contributed by atoms with E-state index in [-0.39, 0.29) is 23.0 Å². The predicted octanol–water partition coefficient (Wildman–Crippen LogP) is 1.15. The summed E-state index contributed by atoms with van der Waals surface area (Å²) in [5, 5.41) is 9.36. The highest BCUT2D eigenvalue weighted by molar-refractivity contribution is 7.89. The van der Waals surface area contributed by atoms with Crippen molar-refractivity contribution in [3.05, 3.63) is 11.5 Å². The van der Waals surface area contributed by atoms with E-state index in [2.05, 4.69) is 15.8 Å². The highest BCUT2D eigenvalue weighted by atomic mass is 32.2. The van der Waals surface area contributed by atoms with E-state index in [9.17, 15) is 13.2 Å².